The molecule has 0 atom stereocenters. The van der Waals surface area contributed by atoms with E-state index in [9.17, 15) is 9.18 Å². The molecule has 3 rings (SSSR count). The first-order valence-corrected chi connectivity index (χ1v) is 6.44. The first-order chi connectivity index (χ1) is 10.2. The van der Waals surface area contributed by atoms with E-state index in [2.05, 4.69) is 0 Å². The van der Waals surface area contributed by atoms with E-state index in [0.717, 1.165) is 11.1 Å². The highest BCUT2D eigenvalue weighted by Gasteiger charge is 2.18. The Morgan fingerprint density at radius 2 is 2.00 bits per heavy atom. The van der Waals surface area contributed by atoms with Gasteiger partial charge in [0.1, 0.15) is 18.2 Å². The van der Waals surface area contributed by atoms with Crippen LogP contribution in [0.2, 0.25) is 0 Å². The van der Waals surface area contributed by atoms with E-state index in [0.29, 0.717) is 29.1 Å². The standard InChI is InChI=1S/C16H13FO4/c1-10-2-3-13(17)4-12(10)8-19-14-6-16-15(20-9-21-16)5-11(14)7-18/h2-7H,8-9H2,1H3. The third kappa shape index (κ3) is 2.67. The van der Waals surface area contributed by atoms with Crippen LogP contribution in [-0.2, 0) is 6.61 Å². The quantitative estimate of drug-likeness (QED) is 0.810. The van der Waals surface area contributed by atoms with Gasteiger partial charge >= 0.3 is 0 Å². The summed E-state index contributed by atoms with van der Waals surface area (Å²) in [6.45, 7) is 2.17. The molecule has 5 heteroatoms. The van der Waals surface area contributed by atoms with Crippen molar-refractivity contribution < 1.29 is 23.4 Å². The second kappa shape index (κ2) is 5.44. The zero-order valence-corrected chi connectivity index (χ0v) is 11.4. The molecule has 4 nitrogen and oxygen atoms in total. The van der Waals surface area contributed by atoms with Crippen LogP contribution in [0.5, 0.6) is 17.2 Å². The third-order valence-electron chi connectivity index (χ3n) is 3.33. The molecule has 2 aromatic carbocycles. The van der Waals surface area contributed by atoms with E-state index in [1.807, 2.05) is 6.92 Å². The normalized spacial score (nSPS) is 12.3. The zero-order valence-electron chi connectivity index (χ0n) is 11.4. The van der Waals surface area contributed by atoms with Crippen LogP contribution in [0.3, 0.4) is 0 Å². The van der Waals surface area contributed by atoms with Gasteiger partial charge in [0.15, 0.2) is 17.8 Å². The average Bonchev–Trinajstić information content (AvgIpc) is 2.94. The maximum absolute atomic E-state index is 13.3. The molecule has 0 aliphatic carbocycles. The Morgan fingerprint density at radius 3 is 2.76 bits per heavy atom. The first kappa shape index (κ1) is 13.4. The van der Waals surface area contributed by atoms with Crippen molar-refractivity contribution in [2.45, 2.75) is 13.5 Å². The molecule has 1 aliphatic rings. The molecule has 0 aromatic heterocycles. The Hall–Kier alpha value is -2.56. The lowest BCUT2D eigenvalue weighted by Gasteiger charge is -2.11. The van der Waals surface area contributed by atoms with Crippen molar-refractivity contribution in [3.05, 3.63) is 52.8 Å². The van der Waals surface area contributed by atoms with Crippen molar-refractivity contribution >= 4 is 6.29 Å². The fraction of sp³-hybridized carbons (Fsp3) is 0.188. The molecule has 0 amide bonds. The Labute approximate surface area is 121 Å². The summed E-state index contributed by atoms with van der Waals surface area (Å²) in [6, 6.07) is 7.69. The minimum Gasteiger partial charge on any atom is -0.488 e. The van der Waals surface area contributed by atoms with Crippen LogP contribution in [0.15, 0.2) is 30.3 Å². The lowest BCUT2D eigenvalue weighted by molar-refractivity contribution is 0.111. The summed E-state index contributed by atoms with van der Waals surface area (Å²) < 4.78 is 29.4. The molecule has 2 aromatic rings. The van der Waals surface area contributed by atoms with Crippen molar-refractivity contribution in [2.75, 3.05) is 6.79 Å². The molecule has 0 saturated heterocycles. The lowest BCUT2D eigenvalue weighted by Crippen LogP contribution is -2.01. The summed E-state index contributed by atoms with van der Waals surface area (Å²) in [5.74, 6) is 1.12. The number of carbonyl (C=O) groups is 1. The van der Waals surface area contributed by atoms with E-state index in [1.165, 1.54) is 12.1 Å². The van der Waals surface area contributed by atoms with Crippen molar-refractivity contribution in [3.63, 3.8) is 0 Å². The van der Waals surface area contributed by atoms with Crippen LogP contribution in [0.4, 0.5) is 4.39 Å². The van der Waals surface area contributed by atoms with Gasteiger partial charge in [0, 0.05) is 6.07 Å². The largest absolute Gasteiger partial charge is 0.488 e. The van der Waals surface area contributed by atoms with Gasteiger partial charge in [-0.3, -0.25) is 4.79 Å². The number of aldehydes is 1. The van der Waals surface area contributed by atoms with E-state index in [1.54, 1.807) is 18.2 Å². The number of fused-ring (bicyclic) bond motifs is 1. The van der Waals surface area contributed by atoms with Crippen molar-refractivity contribution in [3.8, 4) is 17.2 Å². The van der Waals surface area contributed by atoms with Gasteiger partial charge in [0.2, 0.25) is 6.79 Å². The smallest absolute Gasteiger partial charge is 0.231 e. The number of rotatable bonds is 4. The highest BCUT2D eigenvalue weighted by Crippen LogP contribution is 2.37. The number of hydrogen-bond donors (Lipinski definition) is 0. The number of halogens is 1. The molecule has 0 saturated carbocycles. The molecule has 0 fully saturated rings. The minimum absolute atomic E-state index is 0.125. The highest BCUT2D eigenvalue weighted by molar-refractivity contribution is 5.81. The average molecular weight is 288 g/mol. The third-order valence-corrected chi connectivity index (χ3v) is 3.33. The predicted molar refractivity (Wildman–Crippen MR) is 73.4 cm³/mol. The Balaban J connectivity index is 1.85. The first-order valence-electron chi connectivity index (χ1n) is 6.44. The lowest BCUT2D eigenvalue weighted by atomic mass is 10.1. The van der Waals surface area contributed by atoms with Gasteiger partial charge in [-0.1, -0.05) is 6.07 Å². The van der Waals surface area contributed by atoms with E-state index >= 15 is 0 Å². The Kier molecular flexibility index (Phi) is 3.48. The van der Waals surface area contributed by atoms with Crippen LogP contribution in [0.1, 0.15) is 21.5 Å². The second-order valence-electron chi connectivity index (χ2n) is 4.72. The number of hydrogen-bond acceptors (Lipinski definition) is 4. The highest BCUT2D eigenvalue weighted by atomic mass is 19.1. The van der Waals surface area contributed by atoms with Gasteiger partial charge in [0.05, 0.1) is 5.56 Å². The SMILES string of the molecule is Cc1ccc(F)cc1COc1cc2c(cc1C=O)OCO2. The summed E-state index contributed by atoms with van der Waals surface area (Å²) in [6.07, 6.45) is 0.690. The molecule has 0 bridgehead atoms. The molecular weight excluding hydrogens is 275 g/mol. The monoisotopic (exact) mass is 288 g/mol. The summed E-state index contributed by atoms with van der Waals surface area (Å²) >= 11 is 0. The molecular formula is C16H13FO4. The molecule has 0 N–H and O–H groups in total. The minimum atomic E-state index is -0.319. The summed E-state index contributed by atoms with van der Waals surface area (Å²) in [7, 11) is 0. The molecule has 0 unspecified atom stereocenters. The number of ether oxygens (including phenoxy) is 3. The Morgan fingerprint density at radius 1 is 1.24 bits per heavy atom. The second-order valence-corrected chi connectivity index (χ2v) is 4.72. The van der Waals surface area contributed by atoms with Gasteiger partial charge in [-0.05, 0) is 36.2 Å². The molecule has 21 heavy (non-hydrogen) atoms. The van der Waals surface area contributed by atoms with Gasteiger partial charge in [-0.25, -0.2) is 4.39 Å². The number of carbonyl (C=O) groups excluding carboxylic acids is 1. The van der Waals surface area contributed by atoms with E-state index in [-0.39, 0.29) is 19.2 Å². The van der Waals surface area contributed by atoms with E-state index < -0.39 is 0 Å². The van der Waals surface area contributed by atoms with E-state index in [4.69, 9.17) is 14.2 Å². The van der Waals surface area contributed by atoms with Crippen LogP contribution in [-0.4, -0.2) is 13.1 Å². The van der Waals surface area contributed by atoms with Crippen LogP contribution < -0.4 is 14.2 Å². The maximum atomic E-state index is 13.3. The summed E-state index contributed by atoms with van der Waals surface area (Å²) in [5, 5.41) is 0. The Bertz CT molecular complexity index is 697. The molecule has 108 valence electrons. The predicted octanol–water partition coefficient (Wildman–Crippen LogP) is 3.25. The molecule has 1 aliphatic heterocycles. The number of aryl methyl sites for hydroxylation is 1. The van der Waals surface area contributed by atoms with Crippen LogP contribution in [0.25, 0.3) is 0 Å². The number of benzene rings is 2. The fourth-order valence-electron chi connectivity index (χ4n) is 2.11. The van der Waals surface area contributed by atoms with Gasteiger partial charge in [0.25, 0.3) is 0 Å². The molecule has 1 heterocycles. The summed E-state index contributed by atoms with van der Waals surface area (Å²) in [4.78, 5) is 11.1. The fourth-order valence-corrected chi connectivity index (χ4v) is 2.11. The topological polar surface area (TPSA) is 44.8 Å². The van der Waals surface area contributed by atoms with Crippen molar-refractivity contribution in [2.24, 2.45) is 0 Å². The maximum Gasteiger partial charge on any atom is 0.231 e. The van der Waals surface area contributed by atoms with Crippen LogP contribution >= 0.6 is 0 Å². The van der Waals surface area contributed by atoms with Crippen molar-refractivity contribution in [1.29, 1.82) is 0 Å². The van der Waals surface area contributed by atoms with Crippen molar-refractivity contribution in [1.82, 2.24) is 0 Å². The van der Waals surface area contributed by atoms with Gasteiger partial charge in [-0.2, -0.15) is 0 Å². The summed E-state index contributed by atoms with van der Waals surface area (Å²) in [5.41, 5.74) is 2.02. The van der Waals surface area contributed by atoms with Crippen LogP contribution in [0, 0.1) is 12.7 Å². The molecule has 0 spiro atoms. The van der Waals surface area contributed by atoms with Gasteiger partial charge in [-0.15, -0.1) is 0 Å². The molecule has 0 radical (unpaired) electrons. The zero-order chi connectivity index (χ0) is 14.8. The van der Waals surface area contributed by atoms with Gasteiger partial charge < -0.3 is 14.2 Å².